The average Bonchev–Trinajstić information content (AvgIpc) is 2.80. The molecule has 17 heavy (non-hydrogen) atoms. The summed E-state index contributed by atoms with van der Waals surface area (Å²) in [6.07, 6.45) is -0.310. The molecular weight excluding hydrogens is 244 g/mol. The molecule has 0 N–H and O–H groups in total. The van der Waals surface area contributed by atoms with E-state index in [1.54, 1.807) is 12.1 Å². The first-order valence-corrected chi connectivity index (χ1v) is 6.64. The highest BCUT2D eigenvalue weighted by atomic mass is 32.2. The molecule has 1 aromatic rings. The monoisotopic (exact) mass is 258 g/mol. The molecule has 1 unspecified atom stereocenters. The van der Waals surface area contributed by atoms with E-state index in [-0.39, 0.29) is 24.4 Å². The van der Waals surface area contributed by atoms with E-state index in [4.69, 9.17) is 13.7 Å². The van der Waals surface area contributed by atoms with Crippen molar-refractivity contribution in [2.75, 3.05) is 20.0 Å². The number of benzene rings is 1. The predicted octanol–water partition coefficient (Wildman–Crippen LogP) is 1.07. The van der Waals surface area contributed by atoms with Gasteiger partial charge < -0.3 is 9.47 Å². The second-order valence-electron chi connectivity index (χ2n) is 3.83. The number of aryl methyl sites for hydroxylation is 1. The number of hydrogen-bond acceptors (Lipinski definition) is 5. The molecule has 0 saturated carbocycles. The summed E-state index contributed by atoms with van der Waals surface area (Å²) in [5, 5.41) is 0. The fraction of sp³-hybridized carbons (Fsp3) is 0.455. The fourth-order valence-corrected chi connectivity index (χ4v) is 2.34. The van der Waals surface area contributed by atoms with Crippen LogP contribution >= 0.6 is 0 Å². The van der Waals surface area contributed by atoms with E-state index in [9.17, 15) is 8.42 Å². The van der Waals surface area contributed by atoms with Crippen LogP contribution in [0, 0.1) is 6.92 Å². The lowest BCUT2D eigenvalue weighted by atomic mass is 10.2. The molecule has 0 spiro atoms. The molecule has 0 bridgehead atoms. The molecule has 2 rings (SSSR count). The molecule has 0 aromatic heterocycles. The Morgan fingerprint density at radius 2 is 2.06 bits per heavy atom. The first-order valence-electron chi connectivity index (χ1n) is 5.23. The highest BCUT2D eigenvalue weighted by Crippen LogP contribution is 2.14. The van der Waals surface area contributed by atoms with Gasteiger partial charge in [-0.1, -0.05) is 17.7 Å². The summed E-state index contributed by atoms with van der Waals surface area (Å²) < 4.78 is 38.5. The van der Waals surface area contributed by atoms with Crippen molar-refractivity contribution >= 4 is 10.1 Å². The van der Waals surface area contributed by atoms with Gasteiger partial charge in [-0.15, -0.1) is 0 Å². The summed E-state index contributed by atoms with van der Waals surface area (Å²) in [6.45, 7) is 2.43. The lowest BCUT2D eigenvalue weighted by molar-refractivity contribution is 0.0329. The average molecular weight is 258 g/mol. The van der Waals surface area contributed by atoms with Gasteiger partial charge in [0.05, 0.1) is 18.1 Å². The molecule has 1 fully saturated rings. The van der Waals surface area contributed by atoms with Crippen molar-refractivity contribution in [3.63, 3.8) is 0 Å². The molecule has 0 aliphatic carbocycles. The van der Waals surface area contributed by atoms with Crippen LogP contribution in [0.1, 0.15) is 5.56 Å². The van der Waals surface area contributed by atoms with Crippen molar-refractivity contribution in [1.29, 1.82) is 0 Å². The second-order valence-corrected chi connectivity index (χ2v) is 5.44. The Morgan fingerprint density at radius 3 is 2.65 bits per heavy atom. The zero-order valence-corrected chi connectivity index (χ0v) is 10.3. The zero-order chi connectivity index (χ0) is 12.3. The summed E-state index contributed by atoms with van der Waals surface area (Å²) in [6, 6.07) is 6.50. The molecule has 0 radical (unpaired) electrons. The Labute approximate surface area is 100 Å². The molecule has 1 aliphatic rings. The first kappa shape index (κ1) is 12.5. The van der Waals surface area contributed by atoms with Gasteiger partial charge in [0.15, 0.2) is 0 Å². The minimum atomic E-state index is -3.70. The molecule has 94 valence electrons. The molecule has 6 heteroatoms. The fourth-order valence-electron chi connectivity index (χ4n) is 1.41. The van der Waals surface area contributed by atoms with Gasteiger partial charge in [0.1, 0.15) is 12.9 Å². The van der Waals surface area contributed by atoms with Crippen molar-refractivity contribution in [3.05, 3.63) is 29.8 Å². The SMILES string of the molecule is Cc1ccc(S(=O)(=O)OCC2COCO2)cc1. The van der Waals surface area contributed by atoms with Gasteiger partial charge in [0.25, 0.3) is 10.1 Å². The number of ether oxygens (including phenoxy) is 2. The van der Waals surface area contributed by atoms with Gasteiger partial charge in [-0.3, -0.25) is 4.18 Å². The summed E-state index contributed by atoms with van der Waals surface area (Å²) in [7, 11) is -3.70. The van der Waals surface area contributed by atoms with Crippen LogP contribution < -0.4 is 0 Å². The van der Waals surface area contributed by atoms with Crippen molar-refractivity contribution in [3.8, 4) is 0 Å². The Bertz CT molecular complexity index is 459. The summed E-state index contributed by atoms with van der Waals surface area (Å²) in [5.74, 6) is 0. The number of hydrogen-bond donors (Lipinski definition) is 0. The Hall–Kier alpha value is -0.950. The van der Waals surface area contributed by atoms with Gasteiger partial charge >= 0.3 is 0 Å². The quantitative estimate of drug-likeness (QED) is 0.756. The van der Waals surface area contributed by atoms with Crippen LogP contribution in [-0.2, 0) is 23.8 Å². The van der Waals surface area contributed by atoms with E-state index in [0.717, 1.165) is 5.56 Å². The van der Waals surface area contributed by atoms with Gasteiger partial charge in [-0.05, 0) is 19.1 Å². The van der Waals surface area contributed by atoms with Crippen LogP contribution in [0.3, 0.4) is 0 Å². The van der Waals surface area contributed by atoms with Gasteiger partial charge in [-0.2, -0.15) is 8.42 Å². The second kappa shape index (κ2) is 5.14. The maximum Gasteiger partial charge on any atom is 0.297 e. The third-order valence-corrected chi connectivity index (χ3v) is 3.71. The Balaban J connectivity index is 2.00. The van der Waals surface area contributed by atoms with Crippen LogP contribution in [0.15, 0.2) is 29.2 Å². The molecule has 1 aromatic carbocycles. The van der Waals surface area contributed by atoms with Crippen molar-refractivity contribution < 1.29 is 22.1 Å². The smallest absolute Gasteiger partial charge is 0.297 e. The highest BCUT2D eigenvalue weighted by Gasteiger charge is 2.21. The van der Waals surface area contributed by atoms with Crippen molar-refractivity contribution in [2.45, 2.75) is 17.9 Å². The largest absolute Gasteiger partial charge is 0.353 e. The van der Waals surface area contributed by atoms with E-state index >= 15 is 0 Å². The predicted molar refractivity (Wildman–Crippen MR) is 60.0 cm³/mol. The molecule has 1 atom stereocenters. The Kier molecular flexibility index (Phi) is 3.78. The van der Waals surface area contributed by atoms with Crippen molar-refractivity contribution in [1.82, 2.24) is 0 Å². The minimum Gasteiger partial charge on any atom is -0.353 e. The summed E-state index contributed by atoms with van der Waals surface area (Å²) in [5.41, 5.74) is 0.997. The van der Waals surface area contributed by atoms with Crippen LogP contribution in [0.2, 0.25) is 0 Å². The zero-order valence-electron chi connectivity index (χ0n) is 9.46. The van der Waals surface area contributed by atoms with Crippen LogP contribution in [0.5, 0.6) is 0 Å². The maximum atomic E-state index is 11.8. The van der Waals surface area contributed by atoms with Gasteiger partial charge in [0, 0.05) is 0 Å². The van der Waals surface area contributed by atoms with E-state index in [1.165, 1.54) is 12.1 Å². The van der Waals surface area contributed by atoms with Gasteiger partial charge in [-0.25, -0.2) is 0 Å². The van der Waals surface area contributed by atoms with E-state index in [2.05, 4.69) is 0 Å². The topological polar surface area (TPSA) is 61.8 Å². The van der Waals surface area contributed by atoms with Crippen LogP contribution in [0.25, 0.3) is 0 Å². The lowest BCUT2D eigenvalue weighted by Gasteiger charge is -2.09. The van der Waals surface area contributed by atoms with Crippen LogP contribution in [-0.4, -0.2) is 34.5 Å². The maximum absolute atomic E-state index is 11.8. The van der Waals surface area contributed by atoms with E-state index in [0.29, 0.717) is 6.61 Å². The summed E-state index contributed by atoms with van der Waals surface area (Å²) >= 11 is 0. The summed E-state index contributed by atoms with van der Waals surface area (Å²) in [4.78, 5) is 0.155. The molecule has 5 nitrogen and oxygen atoms in total. The third-order valence-electron chi connectivity index (χ3n) is 2.41. The lowest BCUT2D eigenvalue weighted by Crippen LogP contribution is -2.20. The molecule has 0 amide bonds. The van der Waals surface area contributed by atoms with Crippen molar-refractivity contribution in [2.24, 2.45) is 0 Å². The minimum absolute atomic E-state index is 0.0176. The van der Waals surface area contributed by atoms with Gasteiger partial charge in [0.2, 0.25) is 0 Å². The first-order chi connectivity index (χ1) is 8.08. The molecule has 1 heterocycles. The normalized spacial score (nSPS) is 20.6. The Morgan fingerprint density at radius 1 is 1.35 bits per heavy atom. The molecular formula is C11H14O5S. The van der Waals surface area contributed by atoms with E-state index < -0.39 is 10.1 Å². The molecule has 1 saturated heterocycles. The standard InChI is InChI=1S/C11H14O5S/c1-9-2-4-11(5-3-9)17(12,13)16-7-10-6-14-8-15-10/h2-5,10H,6-8H2,1H3. The number of rotatable bonds is 4. The molecule has 1 aliphatic heterocycles. The third kappa shape index (κ3) is 3.26. The van der Waals surface area contributed by atoms with E-state index in [1.807, 2.05) is 6.92 Å². The van der Waals surface area contributed by atoms with Crippen LogP contribution in [0.4, 0.5) is 0 Å². The highest BCUT2D eigenvalue weighted by molar-refractivity contribution is 7.86.